The lowest BCUT2D eigenvalue weighted by Crippen LogP contribution is -2.54. The molecule has 9 rings (SSSR count). The number of nitriles is 2. The maximum absolute atomic E-state index is 14.5. The van der Waals surface area contributed by atoms with E-state index in [2.05, 4.69) is 0 Å². The van der Waals surface area contributed by atoms with Crippen molar-refractivity contribution in [1.29, 1.82) is 10.5 Å². The first-order chi connectivity index (χ1) is 32.4. The van der Waals surface area contributed by atoms with Crippen LogP contribution in [0.25, 0.3) is 0 Å². The van der Waals surface area contributed by atoms with Gasteiger partial charge in [-0.2, -0.15) is 10.5 Å². The van der Waals surface area contributed by atoms with Crippen molar-refractivity contribution < 1.29 is 51.3 Å². The molecule has 0 radical (unpaired) electrons. The van der Waals surface area contributed by atoms with E-state index in [1.54, 1.807) is 61.5 Å². The summed E-state index contributed by atoms with van der Waals surface area (Å²) >= 11 is 35.3. The molecule has 0 unspecified atom stereocenters. The van der Waals surface area contributed by atoms with Crippen LogP contribution in [0.4, 0.5) is 13.2 Å². The number of halogens is 9. The van der Waals surface area contributed by atoms with E-state index in [-0.39, 0.29) is 51.5 Å². The second-order valence-corrected chi connectivity index (χ2v) is 20.3. The SMILES string of the molecule is CCOC(=O)[C@@]1(F)[C@@H]2C[C@@H](OCc3ccc(Cl)c(Cl)c3)C(=O)[C@@H]21.N#C[C@@]1(N)[C@H]2[C@@H](C[C@H]1OCc1ccc(Cl)c(Cl)c1)[C@]2(F)C(N)=O.N#C[C@]1(N)[C@H]2[C@@H](C[C@H]1OCc1ccc(Cl)c(Cl)c1)[C@]2(F)C(N)=O. The molecule has 3 aromatic carbocycles. The second-order valence-electron chi connectivity index (χ2n) is 17.8. The van der Waals surface area contributed by atoms with Crippen molar-refractivity contribution in [2.24, 2.45) is 58.4 Å². The molecule has 6 aliphatic carbocycles. The number of benzene rings is 3. The maximum Gasteiger partial charge on any atom is 0.344 e. The van der Waals surface area contributed by atoms with Crippen molar-refractivity contribution in [2.45, 2.75) is 92.4 Å². The standard InChI is InChI=1S/C16H15Cl2FO4.2C15H14Cl2FN3O2/c1-2-22-15(21)16(19)9-6-12(14(20)13(9)16)23-7-8-3-4-10(17)11(18)5-8;2*16-9-2-1-7(3-10(9)17)5-23-11-4-8-12(14(11,21)6-19)15(8,18)13(20)22/h3-5,9,12-13H,2,6-7H2,1H3;2*1-3,8,11-12H,4-5,21H2,(H2,20,22)/t9-,12-,13-,16-;8-,11-,12-,14+,15-;8-,11-,12-,14-,15-/m111/s1. The van der Waals surface area contributed by atoms with Crippen LogP contribution < -0.4 is 22.9 Å². The summed E-state index contributed by atoms with van der Waals surface area (Å²) in [7, 11) is 0. The number of rotatable bonds is 13. The Morgan fingerprint density at radius 3 is 1.30 bits per heavy atom. The number of nitrogens with zero attached hydrogens (tertiary/aromatic N) is 2. The Hall–Kier alpha value is -3.95. The first kappa shape index (κ1) is 52.9. The fourth-order valence-corrected chi connectivity index (χ4v) is 11.2. The van der Waals surface area contributed by atoms with E-state index in [1.165, 1.54) is 0 Å². The van der Waals surface area contributed by atoms with Gasteiger partial charge in [-0.1, -0.05) is 87.8 Å². The van der Waals surface area contributed by atoms with Gasteiger partial charge >= 0.3 is 5.97 Å². The number of primary amides is 2. The zero-order chi connectivity index (χ0) is 50.8. The van der Waals surface area contributed by atoms with Gasteiger partial charge < -0.3 is 41.9 Å². The van der Waals surface area contributed by atoms with E-state index < -0.39 is 99.7 Å². The number of carbonyl (C=O) groups is 4. The molecule has 0 heterocycles. The van der Waals surface area contributed by atoms with Gasteiger partial charge in [0.05, 0.1) is 86.8 Å². The number of alkyl halides is 3. The van der Waals surface area contributed by atoms with Crippen LogP contribution in [-0.4, -0.2) is 76.6 Å². The number of hydrogen-bond donors (Lipinski definition) is 4. The van der Waals surface area contributed by atoms with Gasteiger partial charge in [0.2, 0.25) is 5.67 Å². The number of Topliss-reactive ketones (excluding diaryl/α,β-unsaturated/α-hetero) is 1. The molecule has 14 nitrogen and oxygen atoms in total. The largest absolute Gasteiger partial charge is 0.464 e. The van der Waals surface area contributed by atoms with Gasteiger partial charge in [0.15, 0.2) is 17.1 Å². The molecule has 0 saturated heterocycles. The number of carbonyl (C=O) groups excluding carboxylic acids is 4. The minimum Gasteiger partial charge on any atom is -0.464 e. The lowest BCUT2D eigenvalue weighted by atomic mass is 9.89. The minimum atomic E-state index is -2.20. The highest BCUT2D eigenvalue weighted by molar-refractivity contribution is 6.43. The summed E-state index contributed by atoms with van der Waals surface area (Å²) in [4.78, 5) is 46.4. The molecular formula is C46H43Cl6F3N6O8. The molecule has 0 spiro atoms. The van der Waals surface area contributed by atoms with Crippen molar-refractivity contribution in [2.75, 3.05) is 6.61 Å². The quantitative estimate of drug-likeness (QED) is 0.123. The van der Waals surface area contributed by atoms with Crippen LogP contribution >= 0.6 is 69.6 Å². The Morgan fingerprint density at radius 2 is 1.00 bits per heavy atom. The normalized spacial score (nSPS) is 35.9. The number of ether oxygens (including phenoxy) is 4. The molecule has 0 aliphatic heterocycles. The molecule has 14 atom stereocenters. The maximum atomic E-state index is 14.5. The molecular weight excluding hydrogens is 1030 g/mol. The van der Waals surface area contributed by atoms with E-state index >= 15 is 0 Å². The first-order valence-electron chi connectivity index (χ1n) is 21.3. The van der Waals surface area contributed by atoms with E-state index in [0.29, 0.717) is 30.1 Å². The van der Waals surface area contributed by atoms with E-state index in [0.717, 1.165) is 16.7 Å². The highest BCUT2D eigenvalue weighted by Gasteiger charge is 2.84. The number of esters is 1. The Morgan fingerprint density at radius 1 is 0.623 bits per heavy atom. The van der Waals surface area contributed by atoms with Gasteiger partial charge in [-0.15, -0.1) is 0 Å². The van der Waals surface area contributed by atoms with Crippen molar-refractivity contribution in [3.8, 4) is 12.1 Å². The summed E-state index contributed by atoms with van der Waals surface area (Å²) in [5.41, 5.74) is 14.8. The Labute approximate surface area is 423 Å². The van der Waals surface area contributed by atoms with Crippen LogP contribution in [0.3, 0.4) is 0 Å². The minimum absolute atomic E-state index is 0.0926. The molecule has 6 saturated carbocycles. The molecule has 6 fully saturated rings. The Balaban J connectivity index is 0.000000153. The fourth-order valence-electron chi connectivity index (χ4n) is 10.3. The smallest absolute Gasteiger partial charge is 0.344 e. The third kappa shape index (κ3) is 9.28. The van der Waals surface area contributed by atoms with Crippen molar-refractivity contribution in [1.82, 2.24) is 0 Å². The van der Waals surface area contributed by atoms with Gasteiger partial charge in [-0.25, -0.2) is 18.0 Å². The molecule has 0 aromatic heterocycles. The number of nitrogens with two attached hydrogens (primary N) is 4. The Bertz CT molecular complexity index is 2560. The van der Waals surface area contributed by atoms with Crippen molar-refractivity contribution in [3.05, 3.63) is 101 Å². The van der Waals surface area contributed by atoms with Crippen LogP contribution in [0.15, 0.2) is 54.6 Å². The van der Waals surface area contributed by atoms with Gasteiger partial charge in [0.1, 0.15) is 17.2 Å². The van der Waals surface area contributed by atoms with E-state index in [4.69, 9.17) is 111 Å². The molecule has 69 heavy (non-hydrogen) atoms. The van der Waals surface area contributed by atoms with Gasteiger partial charge in [-0.05, 0) is 79.3 Å². The number of amides is 2. The lowest BCUT2D eigenvalue weighted by molar-refractivity contribution is -0.155. The zero-order valence-corrected chi connectivity index (χ0v) is 40.7. The molecule has 6 aliphatic rings. The average molecular weight is 1080 g/mol. The summed E-state index contributed by atoms with van der Waals surface area (Å²) in [5, 5.41) is 21.2. The number of fused-ring (bicyclic) bond motifs is 3. The summed E-state index contributed by atoms with van der Waals surface area (Å²) < 4.78 is 65.1. The first-order valence-corrected chi connectivity index (χ1v) is 23.6. The summed E-state index contributed by atoms with van der Waals surface area (Å²) in [6.07, 6.45) is -1.51. The van der Waals surface area contributed by atoms with Crippen LogP contribution in [0.2, 0.25) is 30.1 Å². The summed E-state index contributed by atoms with van der Waals surface area (Å²) in [6, 6.07) is 18.9. The van der Waals surface area contributed by atoms with Crippen LogP contribution in [0.5, 0.6) is 0 Å². The third-order valence-electron chi connectivity index (χ3n) is 14.0. The van der Waals surface area contributed by atoms with Gasteiger partial charge in [0.25, 0.3) is 11.8 Å². The van der Waals surface area contributed by atoms with Crippen LogP contribution in [0.1, 0.15) is 42.9 Å². The van der Waals surface area contributed by atoms with E-state index in [9.17, 15) is 42.9 Å². The predicted molar refractivity (Wildman–Crippen MR) is 247 cm³/mol. The lowest BCUT2D eigenvalue weighted by Gasteiger charge is -2.29. The van der Waals surface area contributed by atoms with Gasteiger partial charge in [0, 0.05) is 29.6 Å². The molecule has 0 bridgehead atoms. The molecule has 368 valence electrons. The fraction of sp³-hybridized carbons (Fsp3) is 0.478. The van der Waals surface area contributed by atoms with Gasteiger partial charge in [-0.3, -0.25) is 14.4 Å². The predicted octanol–water partition coefficient (Wildman–Crippen LogP) is 7.25. The second kappa shape index (κ2) is 19.6. The van der Waals surface area contributed by atoms with Crippen LogP contribution in [0, 0.1) is 58.2 Å². The highest BCUT2D eigenvalue weighted by Crippen LogP contribution is 2.68. The summed E-state index contributed by atoms with van der Waals surface area (Å²) in [6.45, 7) is 2.17. The van der Waals surface area contributed by atoms with Crippen molar-refractivity contribution in [3.63, 3.8) is 0 Å². The topological polar surface area (TPSA) is 257 Å². The zero-order valence-electron chi connectivity index (χ0n) is 36.2. The van der Waals surface area contributed by atoms with E-state index in [1.807, 2.05) is 12.1 Å². The van der Waals surface area contributed by atoms with Crippen molar-refractivity contribution >= 4 is 93.2 Å². The third-order valence-corrected chi connectivity index (χ3v) is 16.2. The Kier molecular flexibility index (Phi) is 15.0. The molecule has 8 N–H and O–H groups in total. The van der Waals surface area contributed by atoms with Crippen LogP contribution in [-0.2, 0) is 57.9 Å². The molecule has 2 amide bonds. The number of hydrogen-bond acceptors (Lipinski definition) is 12. The molecule has 3 aromatic rings. The number of ketones is 1. The highest BCUT2D eigenvalue weighted by atomic mass is 35.5. The summed E-state index contributed by atoms with van der Waals surface area (Å²) in [5.74, 6) is -8.18. The molecule has 23 heteroatoms. The monoisotopic (exact) mass is 1070 g/mol. The average Bonchev–Trinajstić information content (AvgIpc) is 4.14.